The third-order valence-electron chi connectivity index (χ3n) is 5.60. The van der Waals surface area contributed by atoms with Crippen molar-refractivity contribution >= 4 is 0 Å². The highest BCUT2D eigenvalue weighted by molar-refractivity contribution is 5.14. The molecular formula is C20H29N5O. The zero-order valence-electron chi connectivity index (χ0n) is 16.1. The predicted octanol–water partition coefficient (Wildman–Crippen LogP) is 2.35. The summed E-state index contributed by atoms with van der Waals surface area (Å²) >= 11 is 0. The Hall–Kier alpha value is -1.95. The van der Waals surface area contributed by atoms with Crippen molar-refractivity contribution in [3.05, 3.63) is 45.6 Å². The van der Waals surface area contributed by atoms with E-state index in [9.17, 15) is 4.79 Å². The van der Waals surface area contributed by atoms with Crippen molar-refractivity contribution in [2.24, 2.45) is 0 Å². The number of fused-ring (bicyclic) bond motifs is 1. The molecule has 0 saturated carbocycles. The van der Waals surface area contributed by atoms with Gasteiger partial charge in [-0.15, -0.1) is 0 Å². The lowest BCUT2D eigenvalue weighted by molar-refractivity contribution is 0.213. The summed E-state index contributed by atoms with van der Waals surface area (Å²) in [5, 5.41) is 9.40. The van der Waals surface area contributed by atoms with E-state index < -0.39 is 0 Å². The van der Waals surface area contributed by atoms with Gasteiger partial charge in [-0.25, -0.2) is 4.68 Å². The first kappa shape index (κ1) is 17.5. The van der Waals surface area contributed by atoms with Crippen molar-refractivity contribution in [2.45, 2.75) is 77.5 Å². The second-order valence-electron chi connectivity index (χ2n) is 8.71. The smallest absolute Gasteiger partial charge is 0.266 e. The topological polar surface area (TPSA) is 56.0 Å². The van der Waals surface area contributed by atoms with E-state index in [1.807, 2.05) is 6.07 Å². The fraction of sp³-hybridized carbons (Fsp3) is 0.650. The first-order valence-electron chi connectivity index (χ1n) is 9.78. The molecule has 4 rings (SSSR count). The molecule has 0 bridgehead atoms. The molecule has 6 heteroatoms. The predicted molar refractivity (Wildman–Crippen MR) is 101 cm³/mol. The van der Waals surface area contributed by atoms with E-state index in [1.54, 1.807) is 10.7 Å². The van der Waals surface area contributed by atoms with Crippen LogP contribution in [0.4, 0.5) is 0 Å². The van der Waals surface area contributed by atoms with E-state index in [1.165, 1.54) is 18.5 Å². The third-order valence-corrected chi connectivity index (χ3v) is 5.60. The second-order valence-corrected chi connectivity index (χ2v) is 8.71. The molecule has 1 unspecified atom stereocenters. The van der Waals surface area contributed by atoms with Crippen LogP contribution < -0.4 is 5.56 Å². The summed E-state index contributed by atoms with van der Waals surface area (Å²) in [5.41, 5.74) is 3.43. The molecule has 0 amide bonds. The Morgan fingerprint density at radius 3 is 2.77 bits per heavy atom. The van der Waals surface area contributed by atoms with E-state index in [0.29, 0.717) is 12.6 Å². The lowest BCUT2D eigenvalue weighted by Gasteiger charge is -2.25. The van der Waals surface area contributed by atoms with Crippen LogP contribution in [0.25, 0.3) is 0 Å². The Morgan fingerprint density at radius 1 is 1.15 bits per heavy atom. The van der Waals surface area contributed by atoms with Gasteiger partial charge < -0.3 is 0 Å². The third kappa shape index (κ3) is 3.47. The quantitative estimate of drug-likeness (QED) is 0.845. The summed E-state index contributed by atoms with van der Waals surface area (Å²) in [4.78, 5) is 14.8. The van der Waals surface area contributed by atoms with E-state index >= 15 is 0 Å². The van der Waals surface area contributed by atoms with E-state index in [0.717, 1.165) is 43.9 Å². The molecule has 1 saturated heterocycles. The summed E-state index contributed by atoms with van der Waals surface area (Å²) in [6.07, 6.45) is 4.65. The lowest BCUT2D eigenvalue weighted by atomic mass is 9.92. The number of likely N-dealkylation sites (tertiary alicyclic amines) is 1. The van der Waals surface area contributed by atoms with Crippen molar-refractivity contribution in [3.63, 3.8) is 0 Å². The maximum atomic E-state index is 12.3. The maximum Gasteiger partial charge on any atom is 0.266 e. The van der Waals surface area contributed by atoms with Crippen molar-refractivity contribution in [2.75, 3.05) is 6.54 Å². The van der Waals surface area contributed by atoms with Gasteiger partial charge in [-0.3, -0.25) is 14.4 Å². The number of nitrogens with zero attached hydrogens (tertiary/aromatic N) is 5. The van der Waals surface area contributed by atoms with E-state index in [4.69, 9.17) is 5.10 Å². The van der Waals surface area contributed by atoms with Crippen molar-refractivity contribution in [1.82, 2.24) is 24.5 Å². The van der Waals surface area contributed by atoms with Gasteiger partial charge in [-0.2, -0.15) is 10.2 Å². The summed E-state index contributed by atoms with van der Waals surface area (Å²) in [6, 6.07) is 6.13. The number of aromatic nitrogens is 4. The lowest BCUT2D eigenvalue weighted by Crippen LogP contribution is -2.37. The average Bonchev–Trinajstić information content (AvgIpc) is 3.26. The standard InChI is InChI=1S/C20H29N5O/c1-20(2,3)18-8-9-19(26)25(22-18)14-17-7-4-10-23(17)13-15-12-16-6-5-11-24(16)21-15/h8-9,12,17H,4-7,10-11,13-14H2,1-3H3. The summed E-state index contributed by atoms with van der Waals surface area (Å²) in [7, 11) is 0. The Kier molecular flexibility index (Phi) is 4.47. The van der Waals surface area contributed by atoms with Gasteiger partial charge in [-0.05, 0) is 44.4 Å². The molecule has 0 spiro atoms. The largest absolute Gasteiger partial charge is 0.293 e. The molecular weight excluding hydrogens is 326 g/mol. The van der Waals surface area contributed by atoms with Gasteiger partial charge in [0.25, 0.3) is 5.56 Å². The highest BCUT2D eigenvalue weighted by Crippen LogP contribution is 2.23. The first-order chi connectivity index (χ1) is 12.4. The highest BCUT2D eigenvalue weighted by Gasteiger charge is 2.27. The van der Waals surface area contributed by atoms with Crippen LogP contribution in [0.2, 0.25) is 0 Å². The van der Waals surface area contributed by atoms with Gasteiger partial charge in [0.05, 0.1) is 17.9 Å². The van der Waals surface area contributed by atoms with Gasteiger partial charge in [0, 0.05) is 36.3 Å². The van der Waals surface area contributed by atoms with Gasteiger partial charge in [0.1, 0.15) is 0 Å². The Labute approximate surface area is 154 Å². The van der Waals surface area contributed by atoms with Crippen LogP contribution in [-0.4, -0.2) is 37.0 Å². The Bertz CT molecular complexity index is 823. The van der Waals surface area contributed by atoms with Crippen LogP contribution in [0.1, 0.15) is 57.1 Å². The minimum Gasteiger partial charge on any atom is -0.293 e. The SMILES string of the molecule is CC(C)(C)c1ccc(=O)n(CC2CCCN2Cc2cc3n(n2)CCC3)n1. The fourth-order valence-electron chi connectivity index (χ4n) is 4.09. The second kappa shape index (κ2) is 6.65. The molecule has 0 aromatic carbocycles. The molecule has 1 fully saturated rings. The van der Waals surface area contributed by atoms with Crippen LogP contribution in [0.15, 0.2) is 23.0 Å². The zero-order chi connectivity index (χ0) is 18.3. The summed E-state index contributed by atoms with van der Waals surface area (Å²) in [5.74, 6) is 0. The molecule has 1 atom stereocenters. The Balaban J connectivity index is 1.49. The van der Waals surface area contributed by atoms with Crippen LogP contribution in [0.5, 0.6) is 0 Å². The van der Waals surface area contributed by atoms with E-state index in [2.05, 4.69) is 41.5 Å². The molecule has 0 N–H and O–H groups in total. The fourth-order valence-corrected chi connectivity index (χ4v) is 4.09. The molecule has 2 aliphatic heterocycles. The minimum absolute atomic E-state index is 0.00850. The highest BCUT2D eigenvalue weighted by atomic mass is 16.1. The molecule has 26 heavy (non-hydrogen) atoms. The minimum atomic E-state index is -0.0538. The number of rotatable bonds is 4. The van der Waals surface area contributed by atoms with Gasteiger partial charge in [0.15, 0.2) is 0 Å². The number of aryl methyl sites for hydroxylation is 2. The molecule has 2 aromatic rings. The molecule has 6 nitrogen and oxygen atoms in total. The maximum absolute atomic E-state index is 12.3. The van der Waals surface area contributed by atoms with Crippen molar-refractivity contribution in [1.29, 1.82) is 0 Å². The monoisotopic (exact) mass is 355 g/mol. The van der Waals surface area contributed by atoms with Crippen LogP contribution in [-0.2, 0) is 31.5 Å². The first-order valence-corrected chi connectivity index (χ1v) is 9.78. The molecule has 2 aromatic heterocycles. The van der Waals surface area contributed by atoms with Crippen LogP contribution >= 0.6 is 0 Å². The van der Waals surface area contributed by atoms with Gasteiger partial charge >= 0.3 is 0 Å². The zero-order valence-corrected chi connectivity index (χ0v) is 16.1. The normalized spacial score (nSPS) is 20.7. The summed E-state index contributed by atoms with van der Waals surface area (Å²) in [6.45, 7) is 10.0. The van der Waals surface area contributed by atoms with Gasteiger partial charge in [-0.1, -0.05) is 20.8 Å². The molecule has 2 aliphatic rings. The number of hydrogen-bond donors (Lipinski definition) is 0. The summed E-state index contributed by atoms with van der Waals surface area (Å²) < 4.78 is 3.82. The molecule has 140 valence electrons. The van der Waals surface area contributed by atoms with Crippen molar-refractivity contribution < 1.29 is 0 Å². The van der Waals surface area contributed by atoms with Gasteiger partial charge in [0.2, 0.25) is 0 Å². The molecule has 0 radical (unpaired) electrons. The van der Waals surface area contributed by atoms with Crippen LogP contribution in [0, 0.1) is 0 Å². The number of hydrogen-bond acceptors (Lipinski definition) is 4. The Morgan fingerprint density at radius 2 is 2.00 bits per heavy atom. The van der Waals surface area contributed by atoms with Crippen LogP contribution in [0.3, 0.4) is 0 Å². The average molecular weight is 355 g/mol. The molecule has 4 heterocycles. The molecule has 0 aliphatic carbocycles. The van der Waals surface area contributed by atoms with E-state index in [-0.39, 0.29) is 11.0 Å². The van der Waals surface area contributed by atoms with Crippen molar-refractivity contribution in [3.8, 4) is 0 Å².